The number of nitrogens with one attached hydrogen (secondary N) is 1. The van der Waals surface area contributed by atoms with Gasteiger partial charge in [0.2, 0.25) is 5.91 Å². The molecule has 0 saturated carbocycles. The van der Waals surface area contributed by atoms with Crippen molar-refractivity contribution < 1.29 is 4.79 Å². The number of hydrogen-bond donors (Lipinski definition) is 1. The first-order valence-corrected chi connectivity index (χ1v) is 5.38. The van der Waals surface area contributed by atoms with Crippen molar-refractivity contribution in [1.29, 1.82) is 0 Å². The van der Waals surface area contributed by atoms with E-state index in [1.807, 2.05) is 56.0 Å². The predicted molar refractivity (Wildman–Crippen MR) is 62.7 cm³/mol. The Morgan fingerprint density at radius 2 is 1.87 bits per heavy atom. The Labute approximate surface area is 91.1 Å². The highest BCUT2D eigenvalue weighted by Crippen LogP contribution is 2.18. The highest BCUT2D eigenvalue weighted by molar-refractivity contribution is 5.87. The number of benzene rings is 1. The summed E-state index contributed by atoms with van der Waals surface area (Å²) in [5.41, 5.74) is 1.09. The van der Waals surface area contributed by atoms with Crippen molar-refractivity contribution in [2.45, 2.75) is 26.8 Å². The predicted octanol–water partition coefficient (Wildman–Crippen LogP) is 2.00. The van der Waals surface area contributed by atoms with Crippen molar-refractivity contribution in [1.82, 2.24) is 5.32 Å². The molecule has 15 heavy (non-hydrogen) atoms. The lowest BCUT2D eigenvalue weighted by molar-refractivity contribution is -0.119. The Balaban J connectivity index is 0.000000531. The topological polar surface area (TPSA) is 32.3 Å². The summed E-state index contributed by atoms with van der Waals surface area (Å²) >= 11 is 0. The second-order valence-corrected chi connectivity index (χ2v) is 3.18. The monoisotopic (exact) mass is 206 g/mol. The van der Waals surface area contributed by atoms with Crippen LogP contribution in [0.15, 0.2) is 30.3 Å². The van der Waals surface area contributed by atoms with E-state index in [2.05, 4.69) is 5.32 Å². The van der Waals surface area contributed by atoms with Crippen molar-refractivity contribution in [3.63, 3.8) is 0 Å². The maximum atomic E-state index is 11.2. The van der Waals surface area contributed by atoms with Gasteiger partial charge in [-0.1, -0.05) is 32.0 Å². The van der Waals surface area contributed by atoms with Crippen LogP contribution in [0.3, 0.4) is 0 Å². The molecule has 1 heterocycles. The van der Waals surface area contributed by atoms with Gasteiger partial charge in [0.1, 0.15) is 6.04 Å². The first-order valence-electron chi connectivity index (χ1n) is 5.38. The largest absolute Gasteiger partial charge is 0.342 e. The van der Waals surface area contributed by atoms with Gasteiger partial charge in [-0.15, -0.1) is 0 Å². The van der Waals surface area contributed by atoms with Crippen LogP contribution in [0, 0.1) is 0 Å². The zero-order valence-electron chi connectivity index (χ0n) is 9.53. The molecule has 1 aliphatic rings. The van der Waals surface area contributed by atoms with Crippen LogP contribution < -0.4 is 10.2 Å². The van der Waals surface area contributed by atoms with Gasteiger partial charge < -0.3 is 10.2 Å². The lowest BCUT2D eigenvalue weighted by atomic mass is 10.2. The molecule has 3 heteroatoms. The number of para-hydroxylation sites is 1. The van der Waals surface area contributed by atoms with Crippen LogP contribution in [-0.2, 0) is 4.79 Å². The molecule has 82 valence electrons. The van der Waals surface area contributed by atoms with Crippen LogP contribution in [0.2, 0.25) is 0 Å². The quantitative estimate of drug-likeness (QED) is 0.762. The second kappa shape index (κ2) is 5.39. The number of nitrogens with zero attached hydrogens (tertiary/aromatic N) is 1. The van der Waals surface area contributed by atoms with Crippen LogP contribution >= 0.6 is 0 Å². The highest BCUT2D eigenvalue weighted by atomic mass is 16.2. The lowest BCUT2D eigenvalue weighted by Crippen LogP contribution is -2.29. The first kappa shape index (κ1) is 11.6. The Hall–Kier alpha value is -1.51. The molecule has 1 aromatic carbocycles. The van der Waals surface area contributed by atoms with Gasteiger partial charge in [-0.2, -0.15) is 0 Å². The smallest absolute Gasteiger partial charge is 0.243 e. The number of rotatable bonds is 1. The summed E-state index contributed by atoms with van der Waals surface area (Å²) in [6, 6.07) is 9.89. The number of hydrogen-bond acceptors (Lipinski definition) is 2. The van der Waals surface area contributed by atoms with Gasteiger partial charge >= 0.3 is 0 Å². The summed E-state index contributed by atoms with van der Waals surface area (Å²) in [6.45, 7) is 6.53. The van der Waals surface area contributed by atoms with E-state index in [9.17, 15) is 4.79 Å². The van der Waals surface area contributed by atoms with Crippen molar-refractivity contribution in [2.75, 3.05) is 11.6 Å². The molecule has 0 aliphatic carbocycles. The van der Waals surface area contributed by atoms with Crippen LogP contribution in [0.5, 0.6) is 0 Å². The van der Waals surface area contributed by atoms with E-state index >= 15 is 0 Å². The third-order valence-electron chi connectivity index (χ3n) is 2.36. The SMILES string of the molecule is CC.CC1C(=O)NCN1c1ccccc1. The molecule has 3 nitrogen and oxygen atoms in total. The molecule has 0 aromatic heterocycles. The fourth-order valence-corrected chi connectivity index (χ4v) is 1.52. The third kappa shape index (κ3) is 2.49. The average molecular weight is 206 g/mol. The molecule has 0 spiro atoms. The molecule has 1 aliphatic heterocycles. The summed E-state index contributed by atoms with van der Waals surface area (Å²) in [5.74, 6) is 0.101. The Morgan fingerprint density at radius 1 is 1.27 bits per heavy atom. The van der Waals surface area contributed by atoms with E-state index in [4.69, 9.17) is 0 Å². The van der Waals surface area contributed by atoms with Gasteiger partial charge in [0.15, 0.2) is 0 Å². The van der Waals surface area contributed by atoms with Gasteiger partial charge in [-0.05, 0) is 19.1 Å². The van der Waals surface area contributed by atoms with Crippen molar-refractivity contribution in [3.05, 3.63) is 30.3 Å². The lowest BCUT2D eigenvalue weighted by Gasteiger charge is -2.20. The molecule has 1 aromatic rings. The number of carbonyl (C=O) groups excluding carboxylic acids is 1. The molecule has 1 fully saturated rings. The van der Waals surface area contributed by atoms with E-state index in [1.54, 1.807) is 0 Å². The molecular weight excluding hydrogens is 188 g/mol. The maximum absolute atomic E-state index is 11.2. The number of amides is 1. The molecule has 0 bridgehead atoms. The zero-order valence-corrected chi connectivity index (χ0v) is 9.53. The third-order valence-corrected chi connectivity index (χ3v) is 2.36. The Kier molecular flexibility index (Phi) is 4.16. The van der Waals surface area contributed by atoms with Crippen molar-refractivity contribution in [2.24, 2.45) is 0 Å². The summed E-state index contributed by atoms with van der Waals surface area (Å²) in [5, 5.41) is 2.80. The van der Waals surface area contributed by atoms with E-state index in [1.165, 1.54) is 0 Å². The van der Waals surface area contributed by atoms with Crippen LogP contribution in [-0.4, -0.2) is 18.6 Å². The van der Waals surface area contributed by atoms with Crippen LogP contribution in [0.4, 0.5) is 5.69 Å². The van der Waals surface area contributed by atoms with Crippen LogP contribution in [0.1, 0.15) is 20.8 Å². The summed E-state index contributed by atoms with van der Waals surface area (Å²) in [6.07, 6.45) is 0. The fourth-order valence-electron chi connectivity index (χ4n) is 1.52. The van der Waals surface area contributed by atoms with Crippen molar-refractivity contribution >= 4 is 11.6 Å². The molecular formula is C12H18N2O. The molecule has 1 N–H and O–H groups in total. The second-order valence-electron chi connectivity index (χ2n) is 3.18. The van der Waals surface area contributed by atoms with Gasteiger partial charge in [-0.3, -0.25) is 4.79 Å². The molecule has 2 rings (SSSR count). The molecule has 1 unspecified atom stereocenters. The molecule has 1 atom stereocenters. The minimum absolute atomic E-state index is 0.0533. The standard InChI is InChI=1S/C10H12N2O.C2H6/c1-8-10(13)11-7-12(8)9-5-3-2-4-6-9;1-2/h2-6,8H,7H2,1H3,(H,11,13);1-2H3. The minimum Gasteiger partial charge on any atom is -0.342 e. The summed E-state index contributed by atoms with van der Waals surface area (Å²) in [4.78, 5) is 13.2. The van der Waals surface area contributed by atoms with E-state index in [0.717, 1.165) is 5.69 Å². The van der Waals surface area contributed by atoms with E-state index < -0.39 is 0 Å². The fraction of sp³-hybridized carbons (Fsp3) is 0.417. The highest BCUT2D eigenvalue weighted by Gasteiger charge is 2.27. The van der Waals surface area contributed by atoms with Crippen LogP contribution in [0.25, 0.3) is 0 Å². The normalized spacial score (nSPS) is 19.3. The number of carbonyl (C=O) groups is 1. The van der Waals surface area contributed by atoms with Gasteiger partial charge in [-0.25, -0.2) is 0 Å². The Bertz CT molecular complexity index is 311. The average Bonchev–Trinajstić information content (AvgIpc) is 2.64. The van der Waals surface area contributed by atoms with Gasteiger partial charge in [0.25, 0.3) is 0 Å². The molecule has 1 amide bonds. The maximum Gasteiger partial charge on any atom is 0.243 e. The Morgan fingerprint density at radius 3 is 2.33 bits per heavy atom. The summed E-state index contributed by atoms with van der Waals surface area (Å²) in [7, 11) is 0. The summed E-state index contributed by atoms with van der Waals surface area (Å²) < 4.78 is 0. The van der Waals surface area contributed by atoms with Crippen molar-refractivity contribution in [3.8, 4) is 0 Å². The first-order chi connectivity index (χ1) is 7.29. The van der Waals surface area contributed by atoms with Gasteiger partial charge in [0.05, 0.1) is 6.67 Å². The molecule has 0 radical (unpaired) electrons. The van der Waals surface area contributed by atoms with Gasteiger partial charge in [0, 0.05) is 5.69 Å². The molecule has 1 saturated heterocycles. The van der Waals surface area contributed by atoms with E-state index in [-0.39, 0.29) is 11.9 Å². The zero-order chi connectivity index (χ0) is 11.3. The number of anilines is 1. The van der Waals surface area contributed by atoms with E-state index in [0.29, 0.717) is 6.67 Å². The minimum atomic E-state index is -0.0533.